The van der Waals surface area contributed by atoms with Gasteiger partial charge in [0.1, 0.15) is 11.9 Å². The molecule has 0 spiro atoms. The van der Waals surface area contributed by atoms with E-state index in [-0.39, 0.29) is 5.75 Å². The molecule has 7 heteroatoms. The first-order chi connectivity index (χ1) is 13.7. The summed E-state index contributed by atoms with van der Waals surface area (Å²) in [6.07, 6.45) is -0.702. The molecule has 0 saturated carbocycles. The lowest BCUT2D eigenvalue weighted by molar-refractivity contribution is -0.274. The number of allylic oxidation sites excluding steroid dienone is 2. The first-order valence-electron chi connectivity index (χ1n) is 8.97. The van der Waals surface area contributed by atoms with Crippen LogP contribution in [-0.2, 0) is 6.54 Å². The van der Waals surface area contributed by atoms with E-state index in [9.17, 15) is 23.4 Å². The molecule has 2 rings (SSSR count). The second-order valence-electron chi connectivity index (χ2n) is 6.43. The second-order valence-corrected chi connectivity index (χ2v) is 6.43. The van der Waals surface area contributed by atoms with Gasteiger partial charge in [-0.1, -0.05) is 36.9 Å². The van der Waals surface area contributed by atoms with Crippen molar-refractivity contribution in [2.24, 2.45) is 0 Å². The minimum Gasteiger partial charge on any atom is -0.406 e. The van der Waals surface area contributed by atoms with Crippen molar-refractivity contribution in [1.29, 1.82) is 0 Å². The van der Waals surface area contributed by atoms with Crippen molar-refractivity contribution in [2.45, 2.75) is 25.9 Å². The third-order valence-corrected chi connectivity index (χ3v) is 4.43. The van der Waals surface area contributed by atoms with E-state index in [1.807, 2.05) is 13.0 Å². The van der Waals surface area contributed by atoms with Crippen LogP contribution in [0.2, 0.25) is 0 Å². The van der Waals surface area contributed by atoms with Crippen LogP contribution in [0.25, 0.3) is 17.2 Å². The van der Waals surface area contributed by atoms with E-state index in [1.165, 1.54) is 12.1 Å². The maximum absolute atomic E-state index is 12.4. The number of aliphatic hydroxyl groups is 2. The molecule has 1 atom stereocenters. The number of ether oxygens (including phenoxy) is 1. The molecule has 0 saturated heterocycles. The SMILES string of the molecule is C=C/C=C\c1c(C)c(-c2ccc(OC(F)(F)F)cc2)cc(CNC)c1C(O)CO. The molecule has 2 aromatic carbocycles. The zero-order valence-electron chi connectivity index (χ0n) is 16.3. The monoisotopic (exact) mass is 407 g/mol. The van der Waals surface area contributed by atoms with Crippen molar-refractivity contribution in [1.82, 2.24) is 5.32 Å². The molecule has 0 aliphatic heterocycles. The molecule has 2 aromatic rings. The van der Waals surface area contributed by atoms with Crippen molar-refractivity contribution in [3.8, 4) is 16.9 Å². The third-order valence-electron chi connectivity index (χ3n) is 4.43. The predicted molar refractivity (Wildman–Crippen MR) is 107 cm³/mol. The summed E-state index contributed by atoms with van der Waals surface area (Å²) >= 11 is 0. The van der Waals surface area contributed by atoms with Crippen LogP contribution in [0.5, 0.6) is 5.75 Å². The highest BCUT2D eigenvalue weighted by Gasteiger charge is 2.31. The summed E-state index contributed by atoms with van der Waals surface area (Å²) < 4.78 is 41.1. The Bertz CT molecular complexity index is 874. The number of nitrogens with one attached hydrogen (secondary N) is 1. The zero-order chi connectivity index (χ0) is 21.6. The number of aliphatic hydroxyl groups excluding tert-OH is 2. The Kier molecular flexibility index (Phi) is 7.61. The van der Waals surface area contributed by atoms with Gasteiger partial charge in [0.15, 0.2) is 0 Å². The van der Waals surface area contributed by atoms with Gasteiger partial charge in [0.05, 0.1) is 6.61 Å². The molecule has 0 fully saturated rings. The smallest absolute Gasteiger partial charge is 0.406 e. The number of benzene rings is 2. The van der Waals surface area contributed by atoms with E-state index in [0.29, 0.717) is 17.7 Å². The van der Waals surface area contributed by atoms with Crippen LogP contribution < -0.4 is 10.1 Å². The summed E-state index contributed by atoms with van der Waals surface area (Å²) in [6, 6.07) is 7.49. The Morgan fingerprint density at radius 3 is 2.41 bits per heavy atom. The average molecular weight is 407 g/mol. The number of rotatable bonds is 8. The van der Waals surface area contributed by atoms with Crippen LogP contribution in [0.15, 0.2) is 49.1 Å². The second kappa shape index (κ2) is 9.73. The Labute approximate surface area is 168 Å². The van der Waals surface area contributed by atoms with E-state index in [2.05, 4.69) is 16.6 Å². The van der Waals surface area contributed by atoms with Gasteiger partial charge in [-0.2, -0.15) is 0 Å². The molecule has 0 aromatic heterocycles. The van der Waals surface area contributed by atoms with E-state index < -0.39 is 19.1 Å². The molecule has 1 unspecified atom stereocenters. The third kappa shape index (κ3) is 5.69. The van der Waals surface area contributed by atoms with Crippen LogP contribution in [0.4, 0.5) is 13.2 Å². The standard InChI is InChI=1S/C22H24F3NO3/c1-4-5-6-18-14(2)19(11-16(12-26-3)21(18)20(28)13-27)15-7-9-17(10-8-15)29-22(23,24)25/h4-11,20,26-28H,1,12-13H2,2-3H3/b6-5-. The molecular formula is C22H24F3NO3. The van der Waals surface area contributed by atoms with Gasteiger partial charge in [-0.15, -0.1) is 13.2 Å². The zero-order valence-corrected chi connectivity index (χ0v) is 16.3. The van der Waals surface area contributed by atoms with Gasteiger partial charge in [0, 0.05) is 6.54 Å². The fraction of sp³-hybridized carbons (Fsp3) is 0.273. The molecular weight excluding hydrogens is 383 g/mol. The van der Waals surface area contributed by atoms with Gasteiger partial charge in [-0.25, -0.2) is 0 Å². The molecule has 0 heterocycles. The Morgan fingerprint density at radius 2 is 1.90 bits per heavy atom. The molecule has 29 heavy (non-hydrogen) atoms. The summed E-state index contributed by atoms with van der Waals surface area (Å²) in [7, 11) is 1.76. The van der Waals surface area contributed by atoms with Crippen molar-refractivity contribution in [3.05, 3.63) is 71.3 Å². The molecule has 4 nitrogen and oxygen atoms in total. The summed E-state index contributed by atoms with van der Waals surface area (Å²) in [5.74, 6) is -0.298. The highest BCUT2D eigenvalue weighted by atomic mass is 19.4. The van der Waals surface area contributed by atoms with Gasteiger partial charge in [-0.05, 0) is 65.6 Å². The van der Waals surface area contributed by atoms with Crippen LogP contribution >= 0.6 is 0 Å². The number of hydrogen-bond acceptors (Lipinski definition) is 4. The molecule has 156 valence electrons. The number of halogens is 3. The summed E-state index contributed by atoms with van der Waals surface area (Å²) in [5.41, 5.74) is 4.41. The topological polar surface area (TPSA) is 61.7 Å². The van der Waals surface area contributed by atoms with Crippen molar-refractivity contribution >= 4 is 6.08 Å². The normalized spacial score (nSPS) is 12.9. The van der Waals surface area contributed by atoms with Gasteiger partial charge < -0.3 is 20.3 Å². The molecule has 0 radical (unpaired) electrons. The quantitative estimate of drug-likeness (QED) is 0.564. The first kappa shape index (κ1) is 22.7. The van der Waals surface area contributed by atoms with E-state index in [0.717, 1.165) is 22.3 Å². The molecule has 0 aliphatic carbocycles. The summed E-state index contributed by atoms with van der Waals surface area (Å²) in [5, 5.41) is 22.9. The number of alkyl halides is 3. The summed E-state index contributed by atoms with van der Waals surface area (Å²) in [6.45, 7) is 5.52. The Balaban J connectivity index is 2.64. The number of hydrogen-bond donors (Lipinski definition) is 3. The van der Waals surface area contributed by atoms with Crippen molar-refractivity contribution in [2.75, 3.05) is 13.7 Å². The highest BCUT2D eigenvalue weighted by Crippen LogP contribution is 2.36. The van der Waals surface area contributed by atoms with Crippen LogP contribution in [0.1, 0.15) is 28.4 Å². The van der Waals surface area contributed by atoms with Gasteiger partial charge in [-0.3, -0.25) is 0 Å². The minimum absolute atomic E-state index is 0.298. The van der Waals surface area contributed by atoms with Crippen LogP contribution in [0, 0.1) is 6.92 Å². The van der Waals surface area contributed by atoms with Crippen molar-refractivity contribution < 1.29 is 28.1 Å². The Morgan fingerprint density at radius 1 is 1.24 bits per heavy atom. The van der Waals surface area contributed by atoms with Gasteiger partial charge in [0.2, 0.25) is 0 Å². The average Bonchev–Trinajstić information content (AvgIpc) is 2.67. The van der Waals surface area contributed by atoms with Gasteiger partial charge >= 0.3 is 6.36 Å². The van der Waals surface area contributed by atoms with Crippen LogP contribution in [0.3, 0.4) is 0 Å². The fourth-order valence-corrected chi connectivity index (χ4v) is 3.22. The largest absolute Gasteiger partial charge is 0.573 e. The van der Waals surface area contributed by atoms with E-state index >= 15 is 0 Å². The van der Waals surface area contributed by atoms with E-state index in [1.54, 1.807) is 37.4 Å². The maximum atomic E-state index is 12.4. The lowest BCUT2D eigenvalue weighted by Crippen LogP contribution is -2.17. The maximum Gasteiger partial charge on any atom is 0.573 e. The molecule has 0 bridgehead atoms. The highest BCUT2D eigenvalue weighted by molar-refractivity contribution is 5.76. The first-order valence-corrected chi connectivity index (χ1v) is 8.97. The lowest BCUT2D eigenvalue weighted by atomic mass is 9.86. The Hall–Kier alpha value is -2.61. The molecule has 0 aliphatic rings. The van der Waals surface area contributed by atoms with Gasteiger partial charge in [0.25, 0.3) is 0 Å². The predicted octanol–water partition coefficient (Wildman–Crippen LogP) is 4.50. The van der Waals surface area contributed by atoms with E-state index in [4.69, 9.17) is 0 Å². The van der Waals surface area contributed by atoms with Crippen LogP contribution in [-0.4, -0.2) is 30.2 Å². The lowest BCUT2D eigenvalue weighted by Gasteiger charge is -2.22. The molecule has 3 N–H and O–H groups in total. The summed E-state index contributed by atoms with van der Waals surface area (Å²) in [4.78, 5) is 0. The van der Waals surface area contributed by atoms with Crippen molar-refractivity contribution in [3.63, 3.8) is 0 Å². The fourth-order valence-electron chi connectivity index (χ4n) is 3.22. The minimum atomic E-state index is -4.75. The molecule has 0 amide bonds.